The lowest BCUT2D eigenvalue weighted by Gasteiger charge is -2.26. The van der Waals surface area contributed by atoms with Crippen LogP contribution in [0.3, 0.4) is 0 Å². The highest BCUT2D eigenvalue weighted by atomic mass is 15.2. The number of hydrogen-bond acceptors (Lipinski definition) is 3. The molecule has 2 aromatic rings. The highest BCUT2D eigenvalue weighted by Crippen LogP contribution is 2.28. The molecule has 0 spiro atoms. The smallest absolute Gasteiger partial charge is 0.135 e. The first-order valence-electron chi connectivity index (χ1n) is 6.69. The first kappa shape index (κ1) is 13.6. The number of para-hydroxylation sites is 1. The number of rotatable bonds is 5. The standard InChI is InChI=1S/C16H21N3/c1-13-7-3-4-9-15(13)19(12-6-10-17)16-14(2)8-5-11-18-16/h3-5,7-9,11H,6,10,12,17H2,1-2H3. The minimum absolute atomic E-state index is 0.689. The van der Waals surface area contributed by atoms with Gasteiger partial charge in [0.05, 0.1) is 0 Å². The predicted molar refractivity (Wildman–Crippen MR) is 80.8 cm³/mol. The van der Waals surface area contributed by atoms with Crippen LogP contribution >= 0.6 is 0 Å². The van der Waals surface area contributed by atoms with Crippen LogP contribution < -0.4 is 10.6 Å². The van der Waals surface area contributed by atoms with E-state index in [1.54, 1.807) is 0 Å². The van der Waals surface area contributed by atoms with Crippen LogP contribution in [0.1, 0.15) is 17.5 Å². The van der Waals surface area contributed by atoms with Gasteiger partial charge in [-0.15, -0.1) is 0 Å². The molecule has 2 rings (SSSR count). The lowest BCUT2D eigenvalue weighted by Crippen LogP contribution is -2.23. The predicted octanol–water partition coefficient (Wildman–Crippen LogP) is 3.19. The van der Waals surface area contributed by atoms with Crippen molar-refractivity contribution in [1.82, 2.24) is 4.98 Å². The minimum atomic E-state index is 0.689. The lowest BCUT2D eigenvalue weighted by atomic mass is 10.1. The fraction of sp³-hybridized carbons (Fsp3) is 0.312. The number of benzene rings is 1. The Morgan fingerprint density at radius 3 is 2.47 bits per heavy atom. The van der Waals surface area contributed by atoms with Crippen LogP contribution in [0.25, 0.3) is 0 Å². The Morgan fingerprint density at radius 2 is 1.79 bits per heavy atom. The molecule has 0 aliphatic rings. The number of aryl methyl sites for hydroxylation is 2. The monoisotopic (exact) mass is 255 g/mol. The van der Waals surface area contributed by atoms with Crippen LogP contribution in [-0.4, -0.2) is 18.1 Å². The molecular formula is C16H21N3. The summed E-state index contributed by atoms with van der Waals surface area (Å²) in [6.07, 6.45) is 2.79. The van der Waals surface area contributed by atoms with Gasteiger partial charge in [0.25, 0.3) is 0 Å². The van der Waals surface area contributed by atoms with Gasteiger partial charge in [0, 0.05) is 18.4 Å². The van der Waals surface area contributed by atoms with Crippen molar-refractivity contribution in [3.05, 3.63) is 53.7 Å². The van der Waals surface area contributed by atoms with Crippen molar-refractivity contribution in [3.63, 3.8) is 0 Å². The average Bonchev–Trinajstić information content (AvgIpc) is 2.42. The van der Waals surface area contributed by atoms with E-state index in [2.05, 4.69) is 54.1 Å². The molecule has 0 radical (unpaired) electrons. The van der Waals surface area contributed by atoms with E-state index < -0.39 is 0 Å². The van der Waals surface area contributed by atoms with Crippen LogP contribution in [-0.2, 0) is 0 Å². The number of aromatic nitrogens is 1. The highest BCUT2D eigenvalue weighted by Gasteiger charge is 2.13. The maximum absolute atomic E-state index is 5.66. The van der Waals surface area contributed by atoms with E-state index in [1.165, 1.54) is 16.8 Å². The summed E-state index contributed by atoms with van der Waals surface area (Å²) in [5.41, 5.74) is 9.31. The van der Waals surface area contributed by atoms with Crippen LogP contribution in [0.5, 0.6) is 0 Å². The molecule has 0 saturated carbocycles. The van der Waals surface area contributed by atoms with Crippen molar-refractivity contribution < 1.29 is 0 Å². The summed E-state index contributed by atoms with van der Waals surface area (Å²) in [6.45, 7) is 5.80. The zero-order valence-corrected chi connectivity index (χ0v) is 11.6. The third kappa shape index (κ3) is 3.12. The second-order valence-corrected chi connectivity index (χ2v) is 4.72. The fourth-order valence-corrected chi connectivity index (χ4v) is 2.22. The number of anilines is 2. The molecule has 19 heavy (non-hydrogen) atoms. The zero-order valence-electron chi connectivity index (χ0n) is 11.6. The molecule has 0 fully saturated rings. The molecule has 100 valence electrons. The molecular weight excluding hydrogens is 234 g/mol. The summed E-state index contributed by atoms with van der Waals surface area (Å²) < 4.78 is 0. The molecule has 1 aromatic heterocycles. The van der Waals surface area contributed by atoms with Crippen molar-refractivity contribution in [3.8, 4) is 0 Å². The van der Waals surface area contributed by atoms with Crippen molar-refractivity contribution in [1.29, 1.82) is 0 Å². The molecule has 2 N–H and O–H groups in total. The largest absolute Gasteiger partial charge is 0.330 e. The van der Waals surface area contributed by atoms with Gasteiger partial charge in [0.1, 0.15) is 5.82 Å². The van der Waals surface area contributed by atoms with Crippen LogP contribution in [0.4, 0.5) is 11.5 Å². The Hall–Kier alpha value is -1.87. The summed E-state index contributed by atoms with van der Waals surface area (Å²) in [4.78, 5) is 6.80. The zero-order chi connectivity index (χ0) is 13.7. The lowest BCUT2D eigenvalue weighted by molar-refractivity contribution is 0.806. The Kier molecular flexibility index (Phi) is 4.53. The molecule has 0 atom stereocenters. The number of pyridine rings is 1. The van der Waals surface area contributed by atoms with Crippen molar-refractivity contribution in [2.45, 2.75) is 20.3 Å². The summed E-state index contributed by atoms with van der Waals surface area (Å²) in [7, 11) is 0. The molecule has 0 aliphatic carbocycles. The Labute approximate surface area is 115 Å². The van der Waals surface area contributed by atoms with E-state index in [0.717, 1.165) is 18.8 Å². The number of nitrogens with zero attached hydrogens (tertiary/aromatic N) is 2. The van der Waals surface area contributed by atoms with Gasteiger partial charge in [-0.3, -0.25) is 0 Å². The first-order chi connectivity index (χ1) is 9.24. The van der Waals surface area contributed by atoms with E-state index in [9.17, 15) is 0 Å². The molecule has 0 amide bonds. The van der Waals surface area contributed by atoms with Gasteiger partial charge in [-0.1, -0.05) is 24.3 Å². The maximum atomic E-state index is 5.66. The minimum Gasteiger partial charge on any atom is -0.330 e. The fourth-order valence-electron chi connectivity index (χ4n) is 2.22. The van der Waals surface area contributed by atoms with Gasteiger partial charge in [-0.2, -0.15) is 0 Å². The SMILES string of the molecule is Cc1ccccc1N(CCCN)c1ncccc1C. The van der Waals surface area contributed by atoms with Crippen molar-refractivity contribution in [2.24, 2.45) is 5.73 Å². The third-order valence-corrected chi connectivity index (χ3v) is 3.23. The second kappa shape index (κ2) is 6.34. The van der Waals surface area contributed by atoms with E-state index >= 15 is 0 Å². The van der Waals surface area contributed by atoms with Gasteiger partial charge in [-0.25, -0.2) is 4.98 Å². The molecule has 0 saturated heterocycles. The first-order valence-corrected chi connectivity index (χ1v) is 6.69. The molecule has 0 aliphatic heterocycles. The summed E-state index contributed by atoms with van der Waals surface area (Å²) in [5, 5.41) is 0. The molecule has 3 nitrogen and oxygen atoms in total. The van der Waals surface area contributed by atoms with E-state index in [-0.39, 0.29) is 0 Å². The molecule has 0 bridgehead atoms. The number of nitrogens with two attached hydrogens (primary N) is 1. The second-order valence-electron chi connectivity index (χ2n) is 4.72. The average molecular weight is 255 g/mol. The van der Waals surface area contributed by atoms with Crippen LogP contribution in [0.2, 0.25) is 0 Å². The van der Waals surface area contributed by atoms with Gasteiger partial charge >= 0.3 is 0 Å². The van der Waals surface area contributed by atoms with E-state index in [1.807, 2.05) is 12.3 Å². The Balaban J connectivity index is 2.42. The van der Waals surface area contributed by atoms with Gasteiger partial charge < -0.3 is 10.6 Å². The topological polar surface area (TPSA) is 42.1 Å². The van der Waals surface area contributed by atoms with Crippen molar-refractivity contribution in [2.75, 3.05) is 18.0 Å². The molecule has 1 aromatic carbocycles. The van der Waals surface area contributed by atoms with E-state index in [4.69, 9.17) is 5.73 Å². The molecule has 1 heterocycles. The quantitative estimate of drug-likeness (QED) is 0.892. The van der Waals surface area contributed by atoms with Gasteiger partial charge in [0.15, 0.2) is 0 Å². The third-order valence-electron chi connectivity index (χ3n) is 3.23. The van der Waals surface area contributed by atoms with Gasteiger partial charge in [-0.05, 0) is 50.1 Å². The maximum Gasteiger partial charge on any atom is 0.135 e. The summed E-state index contributed by atoms with van der Waals surface area (Å²) >= 11 is 0. The molecule has 3 heteroatoms. The van der Waals surface area contributed by atoms with Crippen molar-refractivity contribution >= 4 is 11.5 Å². The Bertz CT molecular complexity index is 492. The van der Waals surface area contributed by atoms with Gasteiger partial charge in [0.2, 0.25) is 0 Å². The van der Waals surface area contributed by atoms with E-state index in [0.29, 0.717) is 6.54 Å². The summed E-state index contributed by atoms with van der Waals surface area (Å²) in [5.74, 6) is 1.02. The molecule has 0 unspecified atom stereocenters. The number of hydrogen-bond donors (Lipinski definition) is 1. The highest BCUT2D eigenvalue weighted by molar-refractivity contribution is 5.65. The normalized spacial score (nSPS) is 10.5. The Morgan fingerprint density at radius 1 is 1.05 bits per heavy atom. The summed E-state index contributed by atoms with van der Waals surface area (Å²) in [6, 6.07) is 12.5. The van der Waals surface area contributed by atoms with Crippen LogP contribution in [0, 0.1) is 13.8 Å². The van der Waals surface area contributed by atoms with Crippen LogP contribution in [0.15, 0.2) is 42.6 Å².